The number of anilines is 1. The van der Waals surface area contributed by atoms with Crippen LogP contribution in [-0.2, 0) is 15.6 Å². The molecule has 98 valence electrons. The SMILES string of the molecule is Cc1cccc(S(=O)CC(=O)N2CCCC2)c1N. The summed E-state index contributed by atoms with van der Waals surface area (Å²) in [6, 6.07) is 5.42. The fourth-order valence-corrected chi connectivity index (χ4v) is 3.30. The van der Waals surface area contributed by atoms with Crippen molar-refractivity contribution in [2.24, 2.45) is 0 Å². The molecule has 1 saturated heterocycles. The van der Waals surface area contributed by atoms with E-state index in [1.54, 1.807) is 11.0 Å². The van der Waals surface area contributed by atoms with Crippen LogP contribution in [0.1, 0.15) is 18.4 Å². The maximum Gasteiger partial charge on any atom is 0.235 e. The lowest BCUT2D eigenvalue weighted by molar-refractivity contribution is -0.127. The summed E-state index contributed by atoms with van der Waals surface area (Å²) in [6.07, 6.45) is 2.09. The number of hydrogen-bond acceptors (Lipinski definition) is 3. The largest absolute Gasteiger partial charge is 0.398 e. The summed E-state index contributed by atoms with van der Waals surface area (Å²) in [5.74, 6) is -0.0000561. The van der Waals surface area contributed by atoms with E-state index in [4.69, 9.17) is 5.73 Å². The quantitative estimate of drug-likeness (QED) is 0.839. The van der Waals surface area contributed by atoms with Gasteiger partial charge >= 0.3 is 0 Å². The number of benzene rings is 1. The van der Waals surface area contributed by atoms with Crippen molar-refractivity contribution in [1.29, 1.82) is 0 Å². The first-order valence-electron chi connectivity index (χ1n) is 6.11. The number of nitrogens with zero attached hydrogens (tertiary/aromatic N) is 1. The van der Waals surface area contributed by atoms with E-state index >= 15 is 0 Å². The van der Waals surface area contributed by atoms with Crippen molar-refractivity contribution < 1.29 is 9.00 Å². The van der Waals surface area contributed by atoms with E-state index in [1.165, 1.54) is 0 Å². The van der Waals surface area contributed by atoms with E-state index in [1.807, 2.05) is 19.1 Å². The molecule has 0 spiro atoms. The molecule has 1 fully saturated rings. The van der Waals surface area contributed by atoms with E-state index in [-0.39, 0.29) is 11.7 Å². The van der Waals surface area contributed by atoms with Crippen LogP contribution in [0.2, 0.25) is 0 Å². The number of hydrogen-bond donors (Lipinski definition) is 1. The smallest absolute Gasteiger partial charge is 0.235 e. The highest BCUT2D eigenvalue weighted by Crippen LogP contribution is 2.20. The zero-order chi connectivity index (χ0) is 13.1. The summed E-state index contributed by atoms with van der Waals surface area (Å²) in [4.78, 5) is 14.3. The number of aryl methyl sites for hydroxylation is 1. The van der Waals surface area contributed by atoms with Crippen molar-refractivity contribution in [2.45, 2.75) is 24.7 Å². The van der Waals surface area contributed by atoms with Gasteiger partial charge < -0.3 is 10.6 Å². The van der Waals surface area contributed by atoms with Gasteiger partial charge in [-0.25, -0.2) is 0 Å². The molecule has 2 rings (SSSR count). The normalized spacial score (nSPS) is 16.8. The topological polar surface area (TPSA) is 63.4 Å². The lowest BCUT2D eigenvalue weighted by Crippen LogP contribution is -2.31. The Morgan fingerprint density at radius 2 is 2.06 bits per heavy atom. The minimum Gasteiger partial charge on any atom is -0.398 e. The van der Waals surface area contributed by atoms with Gasteiger partial charge in [0.15, 0.2) is 0 Å². The highest BCUT2D eigenvalue weighted by atomic mass is 32.2. The zero-order valence-electron chi connectivity index (χ0n) is 10.5. The molecule has 1 unspecified atom stereocenters. The predicted molar refractivity (Wildman–Crippen MR) is 72.7 cm³/mol. The fourth-order valence-electron chi connectivity index (χ4n) is 2.10. The van der Waals surface area contributed by atoms with E-state index in [0.29, 0.717) is 10.6 Å². The van der Waals surface area contributed by atoms with Crippen molar-refractivity contribution in [1.82, 2.24) is 4.90 Å². The molecule has 1 atom stereocenters. The molecule has 1 aliphatic rings. The van der Waals surface area contributed by atoms with E-state index in [9.17, 15) is 9.00 Å². The monoisotopic (exact) mass is 266 g/mol. The Kier molecular flexibility index (Phi) is 4.01. The zero-order valence-corrected chi connectivity index (χ0v) is 11.3. The molecule has 0 aliphatic carbocycles. The number of nitrogens with two attached hydrogens (primary N) is 1. The average molecular weight is 266 g/mol. The van der Waals surface area contributed by atoms with Crippen LogP contribution >= 0.6 is 0 Å². The Hall–Kier alpha value is -1.36. The molecule has 1 amide bonds. The third kappa shape index (κ3) is 2.72. The summed E-state index contributed by atoms with van der Waals surface area (Å²) in [7, 11) is -1.35. The average Bonchev–Trinajstić information content (AvgIpc) is 2.86. The summed E-state index contributed by atoms with van der Waals surface area (Å²) in [6.45, 7) is 3.46. The van der Waals surface area contributed by atoms with Gasteiger partial charge in [-0.2, -0.15) is 0 Å². The maximum absolute atomic E-state index is 12.2. The summed E-state index contributed by atoms with van der Waals surface area (Å²) < 4.78 is 12.2. The van der Waals surface area contributed by atoms with Crippen molar-refractivity contribution in [3.8, 4) is 0 Å². The number of likely N-dealkylation sites (tertiary alicyclic amines) is 1. The molecular formula is C13H18N2O2S. The highest BCUT2D eigenvalue weighted by molar-refractivity contribution is 7.86. The summed E-state index contributed by atoms with van der Waals surface area (Å²) in [5.41, 5.74) is 7.32. The number of nitrogen functional groups attached to an aromatic ring is 1. The first kappa shape index (κ1) is 13.1. The lowest BCUT2D eigenvalue weighted by Gasteiger charge is -2.15. The van der Waals surface area contributed by atoms with Gasteiger partial charge in [-0.15, -0.1) is 0 Å². The molecule has 0 bridgehead atoms. The van der Waals surface area contributed by atoms with Gasteiger partial charge in [0.25, 0.3) is 0 Å². The standard InChI is InChI=1S/C13H18N2O2S/c1-10-5-4-6-11(13(10)14)18(17)9-12(16)15-7-2-3-8-15/h4-6H,2-3,7-9,14H2,1H3. The minimum atomic E-state index is -1.35. The van der Waals surface area contributed by atoms with Gasteiger partial charge in [-0.1, -0.05) is 12.1 Å². The Labute approximate surface area is 110 Å². The van der Waals surface area contributed by atoms with Gasteiger partial charge in [-0.3, -0.25) is 9.00 Å². The van der Waals surface area contributed by atoms with Crippen LogP contribution in [0, 0.1) is 6.92 Å². The first-order chi connectivity index (χ1) is 8.59. The van der Waals surface area contributed by atoms with Gasteiger partial charge in [0, 0.05) is 13.1 Å². The van der Waals surface area contributed by atoms with Crippen LogP contribution in [0.25, 0.3) is 0 Å². The third-order valence-corrected chi connectivity index (χ3v) is 4.60. The van der Waals surface area contributed by atoms with Crippen LogP contribution in [0.3, 0.4) is 0 Å². The van der Waals surface area contributed by atoms with Crippen LogP contribution < -0.4 is 5.73 Å². The van der Waals surface area contributed by atoms with Crippen LogP contribution in [0.4, 0.5) is 5.69 Å². The molecule has 0 aromatic heterocycles. The highest BCUT2D eigenvalue weighted by Gasteiger charge is 2.21. The second kappa shape index (κ2) is 5.52. The number of amides is 1. The second-order valence-corrected chi connectivity index (χ2v) is 5.98. The number of para-hydroxylation sites is 1. The molecular weight excluding hydrogens is 248 g/mol. The molecule has 18 heavy (non-hydrogen) atoms. The van der Waals surface area contributed by atoms with Crippen molar-refractivity contribution >= 4 is 22.4 Å². The molecule has 5 heteroatoms. The van der Waals surface area contributed by atoms with Gasteiger partial charge in [0.1, 0.15) is 5.75 Å². The molecule has 1 aliphatic heterocycles. The number of rotatable bonds is 3. The molecule has 1 aromatic carbocycles. The second-order valence-electron chi connectivity index (χ2n) is 4.56. The van der Waals surface area contributed by atoms with Gasteiger partial charge in [0.05, 0.1) is 21.4 Å². The third-order valence-electron chi connectivity index (χ3n) is 3.24. The van der Waals surface area contributed by atoms with E-state index in [0.717, 1.165) is 31.5 Å². The molecule has 0 saturated carbocycles. The molecule has 1 heterocycles. The Morgan fingerprint density at radius 3 is 2.72 bits per heavy atom. The molecule has 2 N–H and O–H groups in total. The fraction of sp³-hybridized carbons (Fsp3) is 0.462. The summed E-state index contributed by atoms with van der Waals surface area (Å²) >= 11 is 0. The van der Waals surface area contributed by atoms with Gasteiger partial charge in [0.2, 0.25) is 5.91 Å². The van der Waals surface area contributed by atoms with Crippen molar-refractivity contribution in [3.05, 3.63) is 23.8 Å². The lowest BCUT2D eigenvalue weighted by atomic mass is 10.2. The van der Waals surface area contributed by atoms with Crippen LogP contribution in [-0.4, -0.2) is 33.9 Å². The predicted octanol–water partition coefficient (Wildman–Crippen LogP) is 1.31. The van der Waals surface area contributed by atoms with Crippen molar-refractivity contribution in [2.75, 3.05) is 24.6 Å². The number of carbonyl (C=O) groups excluding carboxylic acids is 1. The van der Waals surface area contributed by atoms with Gasteiger partial charge in [-0.05, 0) is 31.4 Å². The molecule has 0 radical (unpaired) electrons. The number of carbonyl (C=O) groups is 1. The maximum atomic E-state index is 12.2. The van der Waals surface area contributed by atoms with E-state index < -0.39 is 10.8 Å². The van der Waals surface area contributed by atoms with Crippen LogP contribution in [0.5, 0.6) is 0 Å². The Morgan fingerprint density at radius 1 is 1.39 bits per heavy atom. The Bertz CT molecular complexity index is 482. The minimum absolute atomic E-state index is 0.0354. The van der Waals surface area contributed by atoms with E-state index in [2.05, 4.69) is 0 Å². The van der Waals surface area contributed by atoms with Crippen LogP contribution in [0.15, 0.2) is 23.1 Å². The first-order valence-corrected chi connectivity index (χ1v) is 7.42. The summed E-state index contributed by atoms with van der Waals surface area (Å²) in [5, 5.41) is 0. The molecule has 4 nitrogen and oxygen atoms in total. The van der Waals surface area contributed by atoms with Crippen molar-refractivity contribution in [3.63, 3.8) is 0 Å². The molecule has 1 aromatic rings. The Balaban J connectivity index is 2.07.